The van der Waals surface area contributed by atoms with E-state index in [0.717, 1.165) is 18.8 Å². The standard InChI is InChI=1S/C28H30ClN5O5/c1-18(35)32-6-8-33(9-7-32)20-15-21-26-25(16-20)39-24-14-19(29)2-3-23(24)34(26)17-22(27(21)36)28(37)30-4-5-31-10-12-38-13-11-31/h2-3,14-17H,4-13H2,1H3,(H,30,37). The summed E-state index contributed by atoms with van der Waals surface area (Å²) >= 11 is 6.27. The van der Waals surface area contributed by atoms with Gasteiger partial charge in [-0.1, -0.05) is 11.6 Å². The second kappa shape index (κ2) is 10.5. The molecule has 2 fully saturated rings. The molecule has 0 bridgehead atoms. The molecule has 0 aliphatic carbocycles. The van der Waals surface area contributed by atoms with E-state index in [9.17, 15) is 14.4 Å². The summed E-state index contributed by atoms with van der Waals surface area (Å²) in [6, 6.07) is 9.04. The molecular weight excluding hydrogens is 522 g/mol. The van der Waals surface area contributed by atoms with E-state index in [4.69, 9.17) is 21.1 Å². The number of morpholine rings is 1. The molecule has 2 amide bonds. The van der Waals surface area contributed by atoms with Gasteiger partial charge in [-0.15, -0.1) is 0 Å². The molecule has 1 N–H and O–H groups in total. The molecule has 2 saturated heterocycles. The fraction of sp³-hybridized carbons (Fsp3) is 0.393. The first kappa shape index (κ1) is 25.7. The van der Waals surface area contributed by atoms with Crippen molar-refractivity contribution in [2.45, 2.75) is 6.92 Å². The van der Waals surface area contributed by atoms with Crippen LogP contribution < -0.4 is 20.4 Å². The van der Waals surface area contributed by atoms with Crippen molar-refractivity contribution in [1.82, 2.24) is 19.7 Å². The second-order valence-electron chi connectivity index (χ2n) is 10.00. The van der Waals surface area contributed by atoms with Crippen LogP contribution in [0.1, 0.15) is 17.3 Å². The first-order valence-electron chi connectivity index (χ1n) is 13.2. The first-order chi connectivity index (χ1) is 18.9. The lowest BCUT2D eigenvalue weighted by atomic mass is 10.1. The number of carbonyl (C=O) groups excluding carboxylic acids is 2. The molecular formula is C28H30ClN5O5. The van der Waals surface area contributed by atoms with Crippen molar-refractivity contribution in [2.24, 2.45) is 0 Å². The van der Waals surface area contributed by atoms with Crippen molar-refractivity contribution >= 4 is 40.0 Å². The number of ether oxygens (including phenoxy) is 2. The highest BCUT2D eigenvalue weighted by molar-refractivity contribution is 6.30. The molecule has 1 aromatic heterocycles. The molecule has 4 heterocycles. The largest absolute Gasteiger partial charge is 0.453 e. The van der Waals surface area contributed by atoms with Crippen molar-refractivity contribution in [3.63, 3.8) is 0 Å². The van der Waals surface area contributed by atoms with Gasteiger partial charge in [0.25, 0.3) is 5.91 Å². The number of nitrogens with zero attached hydrogens (tertiary/aromatic N) is 4. The predicted molar refractivity (Wildman–Crippen MR) is 149 cm³/mol. The quantitative estimate of drug-likeness (QED) is 0.407. The van der Waals surface area contributed by atoms with E-state index in [1.54, 1.807) is 25.3 Å². The molecule has 2 aromatic carbocycles. The zero-order chi connectivity index (χ0) is 27.1. The van der Waals surface area contributed by atoms with Crippen molar-refractivity contribution in [2.75, 3.05) is 70.5 Å². The maximum atomic E-state index is 13.8. The number of benzene rings is 2. The summed E-state index contributed by atoms with van der Waals surface area (Å²) in [6.07, 6.45) is 1.60. The molecule has 3 aliphatic heterocycles. The number of amides is 2. The zero-order valence-electron chi connectivity index (χ0n) is 21.7. The second-order valence-corrected chi connectivity index (χ2v) is 10.4. The minimum absolute atomic E-state index is 0.0484. The van der Waals surface area contributed by atoms with Crippen LogP contribution in [-0.4, -0.2) is 91.8 Å². The van der Waals surface area contributed by atoms with Crippen LogP contribution in [0.25, 0.3) is 16.6 Å². The number of aromatic nitrogens is 1. The van der Waals surface area contributed by atoms with Crippen molar-refractivity contribution in [3.05, 3.63) is 57.3 Å². The van der Waals surface area contributed by atoms with Crippen molar-refractivity contribution < 1.29 is 19.1 Å². The van der Waals surface area contributed by atoms with E-state index < -0.39 is 5.91 Å². The Morgan fingerprint density at radius 3 is 2.51 bits per heavy atom. The van der Waals surface area contributed by atoms with Gasteiger partial charge in [-0.25, -0.2) is 0 Å². The Morgan fingerprint density at radius 1 is 1.00 bits per heavy atom. The van der Waals surface area contributed by atoms with E-state index >= 15 is 0 Å². The maximum absolute atomic E-state index is 13.8. The summed E-state index contributed by atoms with van der Waals surface area (Å²) in [4.78, 5) is 45.0. The van der Waals surface area contributed by atoms with Crippen LogP contribution in [0.4, 0.5) is 5.69 Å². The Morgan fingerprint density at radius 2 is 1.77 bits per heavy atom. The number of halogens is 1. The number of carbonyl (C=O) groups is 2. The third-order valence-corrected chi connectivity index (χ3v) is 7.84. The molecule has 0 radical (unpaired) electrons. The number of hydrogen-bond donors (Lipinski definition) is 1. The average molecular weight is 552 g/mol. The van der Waals surface area contributed by atoms with E-state index in [1.165, 1.54) is 0 Å². The van der Waals surface area contributed by atoms with Gasteiger partial charge in [-0.3, -0.25) is 19.3 Å². The summed E-state index contributed by atoms with van der Waals surface area (Å²) < 4.78 is 13.5. The van der Waals surface area contributed by atoms with Gasteiger partial charge < -0.3 is 29.2 Å². The Bertz CT molecular complexity index is 1510. The van der Waals surface area contributed by atoms with Crippen LogP contribution in [0.15, 0.2) is 41.3 Å². The molecule has 0 saturated carbocycles. The van der Waals surface area contributed by atoms with Crippen molar-refractivity contribution in [1.29, 1.82) is 0 Å². The summed E-state index contributed by atoms with van der Waals surface area (Å²) in [5.74, 6) is 0.690. The minimum Gasteiger partial charge on any atom is -0.453 e. The predicted octanol–water partition coefficient (Wildman–Crippen LogP) is 2.48. The van der Waals surface area contributed by atoms with Gasteiger partial charge in [0, 0.05) is 88.3 Å². The molecule has 39 heavy (non-hydrogen) atoms. The van der Waals surface area contributed by atoms with Gasteiger partial charge in [0.1, 0.15) is 11.1 Å². The Kier molecular flexibility index (Phi) is 6.92. The Balaban J connectivity index is 1.38. The number of anilines is 1. The van der Waals surface area contributed by atoms with E-state index in [1.807, 2.05) is 27.7 Å². The lowest BCUT2D eigenvalue weighted by Gasteiger charge is -2.36. The third-order valence-electron chi connectivity index (χ3n) is 7.60. The van der Waals surface area contributed by atoms with E-state index in [0.29, 0.717) is 85.6 Å². The van der Waals surface area contributed by atoms with Crippen molar-refractivity contribution in [3.8, 4) is 17.2 Å². The van der Waals surface area contributed by atoms with Crippen LogP contribution in [-0.2, 0) is 9.53 Å². The molecule has 0 atom stereocenters. The molecule has 10 nitrogen and oxygen atoms in total. The monoisotopic (exact) mass is 551 g/mol. The fourth-order valence-corrected chi connectivity index (χ4v) is 5.60. The van der Waals surface area contributed by atoms with Gasteiger partial charge in [0.2, 0.25) is 11.3 Å². The highest BCUT2D eigenvalue weighted by Crippen LogP contribution is 2.42. The number of hydrogen-bond acceptors (Lipinski definition) is 7. The fourth-order valence-electron chi connectivity index (χ4n) is 5.44. The number of rotatable bonds is 5. The number of fused-ring (bicyclic) bond motifs is 2. The van der Waals surface area contributed by atoms with Crippen LogP contribution in [0.2, 0.25) is 5.02 Å². The first-order valence-corrected chi connectivity index (χ1v) is 13.6. The summed E-state index contributed by atoms with van der Waals surface area (Å²) in [6.45, 7) is 8.15. The van der Waals surface area contributed by atoms with Crippen LogP contribution >= 0.6 is 11.6 Å². The molecule has 3 aromatic rings. The Hall–Kier alpha value is -3.60. The number of piperazine rings is 1. The topological polar surface area (TPSA) is 96.4 Å². The third kappa shape index (κ3) is 4.95. The lowest BCUT2D eigenvalue weighted by molar-refractivity contribution is -0.129. The van der Waals surface area contributed by atoms with Gasteiger partial charge in [-0.05, 0) is 18.2 Å². The van der Waals surface area contributed by atoms with Crippen LogP contribution in [0, 0.1) is 0 Å². The zero-order valence-corrected chi connectivity index (χ0v) is 22.5. The highest BCUT2D eigenvalue weighted by Gasteiger charge is 2.27. The van der Waals surface area contributed by atoms with Crippen LogP contribution in [0.5, 0.6) is 11.5 Å². The summed E-state index contributed by atoms with van der Waals surface area (Å²) in [5, 5.41) is 3.85. The van der Waals surface area contributed by atoms with Crippen LogP contribution in [0.3, 0.4) is 0 Å². The molecule has 11 heteroatoms. The Labute approximate surface area is 230 Å². The van der Waals surface area contributed by atoms with Gasteiger partial charge in [-0.2, -0.15) is 0 Å². The number of nitrogens with one attached hydrogen (secondary N) is 1. The average Bonchev–Trinajstić information content (AvgIpc) is 2.94. The molecule has 204 valence electrons. The molecule has 0 unspecified atom stereocenters. The normalized spacial score (nSPS) is 17.1. The molecule has 6 rings (SSSR count). The smallest absolute Gasteiger partial charge is 0.256 e. The lowest BCUT2D eigenvalue weighted by Crippen LogP contribution is -2.48. The summed E-state index contributed by atoms with van der Waals surface area (Å²) in [5.41, 5.74) is 1.82. The van der Waals surface area contributed by atoms with Gasteiger partial charge in [0.05, 0.1) is 24.3 Å². The number of pyridine rings is 1. The van der Waals surface area contributed by atoms with Gasteiger partial charge >= 0.3 is 0 Å². The summed E-state index contributed by atoms with van der Waals surface area (Å²) in [7, 11) is 0. The molecule has 3 aliphatic rings. The maximum Gasteiger partial charge on any atom is 0.256 e. The van der Waals surface area contributed by atoms with Gasteiger partial charge in [0.15, 0.2) is 11.5 Å². The van der Waals surface area contributed by atoms with E-state index in [2.05, 4.69) is 15.1 Å². The molecule has 0 spiro atoms. The SMILES string of the molecule is CC(=O)N1CCN(c2cc3c4c(c2)c(=O)c(C(=O)NCCN2CCOCC2)cn4-c2ccc(Cl)cc2O3)CC1. The highest BCUT2D eigenvalue weighted by atomic mass is 35.5. The van der Waals surface area contributed by atoms with E-state index in [-0.39, 0.29) is 16.9 Å². The minimum atomic E-state index is -0.414.